The molecule has 46 heavy (non-hydrogen) atoms. The van der Waals surface area contributed by atoms with Crippen molar-refractivity contribution in [1.82, 2.24) is 20.4 Å². The Labute approximate surface area is 273 Å². The molecular formula is C38H46N4O4. The smallest absolute Gasteiger partial charge is 0.410 e. The minimum Gasteiger partial charge on any atom is -0.410 e. The zero-order valence-electron chi connectivity index (χ0n) is 26.6. The van der Waals surface area contributed by atoms with E-state index in [2.05, 4.69) is 69.0 Å². The monoisotopic (exact) mass is 628 g/mol. The molecule has 0 bridgehead atoms. The van der Waals surface area contributed by atoms with E-state index < -0.39 is 12.2 Å². The van der Waals surface area contributed by atoms with Crippen molar-refractivity contribution < 1.29 is 19.1 Å². The number of amides is 2. The predicted molar refractivity (Wildman–Crippen MR) is 183 cm³/mol. The maximum atomic E-state index is 12.2. The topological polar surface area (TPSA) is 83.1 Å². The molecule has 4 rings (SSSR count). The minimum atomic E-state index is -0.428. The van der Waals surface area contributed by atoms with E-state index in [1.807, 2.05) is 48.5 Å². The third-order valence-electron chi connectivity index (χ3n) is 7.45. The van der Waals surface area contributed by atoms with Crippen molar-refractivity contribution in [2.24, 2.45) is 0 Å². The molecule has 0 unspecified atom stereocenters. The number of para-hydroxylation sites is 2. The van der Waals surface area contributed by atoms with E-state index in [9.17, 15) is 9.59 Å². The number of unbranched alkanes of at least 4 members (excludes halogenated alkanes) is 1. The number of carbonyl (C=O) groups is 2. The van der Waals surface area contributed by atoms with Crippen LogP contribution in [0.25, 0.3) is 0 Å². The average molecular weight is 629 g/mol. The van der Waals surface area contributed by atoms with Gasteiger partial charge in [-0.1, -0.05) is 97.1 Å². The summed E-state index contributed by atoms with van der Waals surface area (Å²) in [5.74, 6) is 1.07. The lowest BCUT2D eigenvalue weighted by Crippen LogP contribution is -2.33. The summed E-state index contributed by atoms with van der Waals surface area (Å²) in [4.78, 5) is 29.3. The maximum Gasteiger partial charge on any atom is 0.412 e. The van der Waals surface area contributed by atoms with Crippen molar-refractivity contribution in [2.45, 2.75) is 38.8 Å². The van der Waals surface area contributed by atoms with Gasteiger partial charge in [-0.05, 0) is 74.2 Å². The van der Waals surface area contributed by atoms with Gasteiger partial charge in [-0.2, -0.15) is 0 Å². The van der Waals surface area contributed by atoms with E-state index in [4.69, 9.17) is 9.47 Å². The summed E-state index contributed by atoms with van der Waals surface area (Å²) >= 11 is 0. The molecule has 0 saturated carbocycles. The van der Waals surface area contributed by atoms with Gasteiger partial charge in [0.25, 0.3) is 0 Å². The molecule has 2 amide bonds. The van der Waals surface area contributed by atoms with E-state index in [-0.39, 0.29) is 0 Å². The first-order valence-corrected chi connectivity index (χ1v) is 16.2. The number of hydrogen-bond acceptors (Lipinski definition) is 6. The molecule has 0 fully saturated rings. The number of nitrogens with zero attached hydrogens (tertiary/aromatic N) is 2. The Hall–Kier alpha value is -4.66. The van der Waals surface area contributed by atoms with Crippen molar-refractivity contribution in [3.63, 3.8) is 0 Å². The van der Waals surface area contributed by atoms with Gasteiger partial charge in [0.15, 0.2) is 0 Å². The summed E-state index contributed by atoms with van der Waals surface area (Å²) < 4.78 is 10.7. The molecule has 4 aromatic rings. The fraction of sp³-hybridized carbons (Fsp3) is 0.316. The molecule has 0 radical (unpaired) electrons. The quantitative estimate of drug-likeness (QED) is 0.0653. The standard InChI is InChI=1S/C38H46N4O4/c43-37(45-35-21-9-3-10-22-35)39-25-15-29-41(31-33-17-5-1-6-18-33)27-13-14-28-42(32-34-19-7-2-8-20-34)30-16-26-40-38(44)46-36-23-11-4-12-24-36/h1-12,17-24H,13-16,25-32H2,(H,39,43)(H,40,44)/i27+1,28+1,39+1,40+1,41+1,42+1. The number of nitrogens with one attached hydrogen (secondary N) is 2. The molecule has 0 saturated heterocycles. The molecule has 0 spiro atoms. The van der Waals surface area contributed by atoms with Crippen LogP contribution in [0.2, 0.25) is 0 Å². The third kappa shape index (κ3) is 14.0. The normalized spacial score (nSPS) is 10.9. The van der Waals surface area contributed by atoms with Gasteiger partial charge in [-0.15, -0.1) is 0 Å². The van der Waals surface area contributed by atoms with Crippen LogP contribution in [-0.4, -0.2) is 61.3 Å². The minimum absolute atomic E-state index is 0.428. The number of ether oxygens (including phenoxy) is 2. The second-order valence-electron chi connectivity index (χ2n) is 11.2. The highest BCUT2D eigenvalue weighted by atomic mass is 16.6. The first-order valence-electron chi connectivity index (χ1n) is 16.2. The summed E-state index contributed by atoms with van der Waals surface area (Å²) in [5.41, 5.74) is 2.56. The van der Waals surface area contributed by atoms with Crippen LogP contribution < -0.4 is 20.1 Å². The van der Waals surface area contributed by atoms with Crippen LogP contribution >= 0.6 is 0 Å². The Morgan fingerprint density at radius 3 is 1.15 bits per heavy atom. The van der Waals surface area contributed by atoms with E-state index >= 15 is 0 Å². The van der Waals surface area contributed by atoms with Crippen LogP contribution in [0.5, 0.6) is 11.5 Å². The lowest BCUT2D eigenvalue weighted by atomic mass is 10.2. The molecule has 4 aromatic carbocycles. The highest BCUT2D eigenvalue weighted by Crippen LogP contribution is 2.11. The van der Waals surface area contributed by atoms with Crippen LogP contribution in [-0.2, 0) is 13.1 Å². The second-order valence-corrected chi connectivity index (χ2v) is 11.2. The molecular weight excluding hydrogens is 582 g/mol. The van der Waals surface area contributed by atoms with Crippen LogP contribution in [0.3, 0.4) is 0 Å². The third-order valence-corrected chi connectivity index (χ3v) is 7.45. The molecule has 8 heteroatoms. The van der Waals surface area contributed by atoms with Crippen molar-refractivity contribution in [3.05, 3.63) is 132 Å². The van der Waals surface area contributed by atoms with Gasteiger partial charge in [0.1, 0.15) is 11.5 Å². The Morgan fingerprint density at radius 2 is 0.783 bits per heavy atom. The number of benzene rings is 4. The second kappa shape index (κ2) is 20.4. The van der Waals surface area contributed by atoms with E-state index in [1.165, 1.54) is 11.1 Å². The number of hydrogen-bond donors (Lipinski definition) is 2. The summed E-state index contributed by atoms with van der Waals surface area (Å²) in [6.45, 7) is 6.52. The summed E-state index contributed by atoms with van der Waals surface area (Å²) in [7, 11) is 0. The van der Waals surface area contributed by atoms with Crippen LogP contribution in [0, 0.1) is 0 Å². The molecule has 0 heterocycles. The highest BCUT2D eigenvalue weighted by Gasteiger charge is 2.11. The van der Waals surface area contributed by atoms with Gasteiger partial charge in [0.2, 0.25) is 0 Å². The van der Waals surface area contributed by atoms with Crippen molar-refractivity contribution in [2.75, 3.05) is 39.3 Å². The van der Waals surface area contributed by atoms with Gasteiger partial charge in [-0.3, -0.25) is 9.80 Å². The lowest BCUT2D eigenvalue weighted by molar-refractivity contribution is 0.196. The SMILES string of the molecule is O=C([15NH]CCC[15N](Cc1ccccc1)[13CH2]CC[13CH2][15N](CCC[15NH]C(=O)Oc1ccccc1)Cc1ccccc1)Oc1ccccc1. The highest BCUT2D eigenvalue weighted by molar-refractivity contribution is 5.70. The lowest BCUT2D eigenvalue weighted by Gasteiger charge is -2.25. The van der Waals surface area contributed by atoms with Crippen LogP contribution in [0.1, 0.15) is 36.8 Å². The molecule has 242 valence electrons. The molecule has 0 aliphatic rings. The van der Waals surface area contributed by atoms with Gasteiger partial charge in [-0.25, -0.2) is 9.59 Å². The van der Waals surface area contributed by atoms with E-state index in [0.717, 1.165) is 65.0 Å². The fourth-order valence-electron chi connectivity index (χ4n) is 5.14. The van der Waals surface area contributed by atoms with Gasteiger partial charge < -0.3 is 20.1 Å². The Balaban J connectivity index is 1.20. The average Bonchev–Trinajstić information content (AvgIpc) is 3.08. The van der Waals surface area contributed by atoms with Crippen molar-refractivity contribution in [1.29, 1.82) is 0 Å². The Kier molecular flexibility index (Phi) is 15.2. The largest absolute Gasteiger partial charge is 0.412 e. The fourth-order valence-corrected chi connectivity index (χ4v) is 5.14. The van der Waals surface area contributed by atoms with E-state index in [1.54, 1.807) is 24.3 Å². The van der Waals surface area contributed by atoms with Gasteiger partial charge in [0, 0.05) is 39.3 Å². The summed E-state index contributed by atoms with van der Waals surface area (Å²) in [5, 5.41) is 5.74. The molecule has 0 aliphatic carbocycles. The molecule has 0 aliphatic heterocycles. The van der Waals surface area contributed by atoms with Gasteiger partial charge in [0.05, 0.1) is 0 Å². The molecule has 2 N–H and O–H groups in total. The zero-order valence-corrected chi connectivity index (χ0v) is 26.6. The Morgan fingerprint density at radius 1 is 0.457 bits per heavy atom. The molecule has 8 nitrogen and oxygen atoms in total. The van der Waals surface area contributed by atoms with Crippen LogP contribution in [0.15, 0.2) is 121 Å². The zero-order chi connectivity index (χ0) is 32.1. The van der Waals surface area contributed by atoms with Crippen LogP contribution in [0.4, 0.5) is 9.59 Å². The van der Waals surface area contributed by atoms with Crippen molar-refractivity contribution >= 4 is 12.2 Å². The molecule has 0 atom stereocenters. The summed E-state index contributed by atoms with van der Waals surface area (Å²) in [6.07, 6.45) is 2.92. The summed E-state index contributed by atoms with van der Waals surface area (Å²) in [6, 6.07) is 39.2. The van der Waals surface area contributed by atoms with E-state index in [0.29, 0.717) is 24.6 Å². The number of rotatable bonds is 19. The predicted octanol–water partition coefficient (Wildman–Crippen LogP) is 7.13. The van der Waals surface area contributed by atoms with Gasteiger partial charge >= 0.3 is 12.2 Å². The first kappa shape index (κ1) is 34.2. The Bertz CT molecular complexity index is 1280. The van der Waals surface area contributed by atoms with Crippen molar-refractivity contribution in [3.8, 4) is 11.5 Å². The maximum absolute atomic E-state index is 12.2. The molecule has 0 aromatic heterocycles. The first-order chi connectivity index (χ1) is 22.6. The number of carbonyl (C=O) groups excluding carboxylic acids is 2.